The van der Waals surface area contributed by atoms with Crippen molar-refractivity contribution in [2.75, 3.05) is 58.9 Å². The highest BCUT2D eigenvalue weighted by Crippen LogP contribution is 2.21. The second-order valence-corrected chi connectivity index (χ2v) is 8.73. The number of aliphatic hydroxyl groups excluding tert-OH is 1. The first-order valence-corrected chi connectivity index (χ1v) is 11.2. The second kappa shape index (κ2) is 10.8. The van der Waals surface area contributed by atoms with E-state index in [-0.39, 0.29) is 12.5 Å². The summed E-state index contributed by atoms with van der Waals surface area (Å²) in [5.41, 5.74) is 0. The molecule has 30 heavy (non-hydrogen) atoms. The normalized spacial score (nSPS) is 24.7. The van der Waals surface area contributed by atoms with E-state index in [9.17, 15) is 9.90 Å². The summed E-state index contributed by atoms with van der Waals surface area (Å²) >= 11 is 0. The zero-order chi connectivity index (χ0) is 21.5. The number of amides is 1. The molecule has 0 saturated carbocycles. The van der Waals surface area contributed by atoms with Gasteiger partial charge in [-0.05, 0) is 37.3 Å². The predicted octanol–water partition coefficient (Wildman–Crippen LogP) is 1.40. The van der Waals surface area contributed by atoms with Gasteiger partial charge in [-0.25, -0.2) is 4.99 Å². The molecule has 0 radical (unpaired) electrons. The molecule has 0 aromatic carbocycles. The van der Waals surface area contributed by atoms with Gasteiger partial charge in [-0.3, -0.25) is 9.69 Å². The molecule has 1 aromatic heterocycles. The number of rotatable bonds is 6. The summed E-state index contributed by atoms with van der Waals surface area (Å²) < 4.78 is 5.25. The highest BCUT2D eigenvalue weighted by Gasteiger charge is 2.28. The quantitative estimate of drug-likeness (QED) is 0.536. The summed E-state index contributed by atoms with van der Waals surface area (Å²) in [6.07, 6.45) is 2.02. The average molecular weight is 420 g/mol. The van der Waals surface area contributed by atoms with Crippen molar-refractivity contribution in [1.29, 1.82) is 0 Å². The van der Waals surface area contributed by atoms with Gasteiger partial charge in [-0.15, -0.1) is 0 Å². The van der Waals surface area contributed by atoms with Crippen LogP contribution in [0.15, 0.2) is 27.8 Å². The van der Waals surface area contributed by atoms with E-state index in [1.807, 2.05) is 11.8 Å². The van der Waals surface area contributed by atoms with Crippen LogP contribution < -0.4 is 5.32 Å². The molecule has 2 aliphatic rings. The van der Waals surface area contributed by atoms with E-state index in [1.165, 1.54) is 6.42 Å². The smallest absolute Gasteiger partial charge is 0.236 e. The number of furan rings is 1. The molecule has 3 heterocycles. The van der Waals surface area contributed by atoms with E-state index in [0.29, 0.717) is 24.1 Å². The fourth-order valence-corrected chi connectivity index (χ4v) is 4.45. The van der Waals surface area contributed by atoms with Crippen LogP contribution in [0.1, 0.15) is 39.1 Å². The molecule has 1 amide bonds. The van der Waals surface area contributed by atoms with Crippen LogP contribution in [-0.4, -0.2) is 90.6 Å². The number of aliphatic hydroxyl groups is 1. The van der Waals surface area contributed by atoms with E-state index in [4.69, 9.17) is 4.42 Å². The molecule has 0 bridgehead atoms. The van der Waals surface area contributed by atoms with Crippen LogP contribution in [-0.2, 0) is 4.79 Å². The van der Waals surface area contributed by atoms with Crippen molar-refractivity contribution in [3.05, 3.63) is 24.2 Å². The van der Waals surface area contributed by atoms with Crippen LogP contribution in [0.25, 0.3) is 0 Å². The molecule has 2 N–H and O–H groups in total. The summed E-state index contributed by atoms with van der Waals surface area (Å²) in [5, 5.41) is 13.5. The maximum Gasteiger partial charge on any atom is 0.236 e. The lowest BCUT2D eigenvalue weighted by Gasteiger charge is -2.39. The number of hydrogen-bond donors (Lipinski definition) is 2. The van der Waals surface area contributed by atoms with E-state index < -0.39 is 6.10 Å². The third kappa shape index (κ3) is 6.22. The molecule has 2 fully saturated rings. The SMILES string of the molecule is CCNC(=NCC(O)c1ccco1)N1CCN(CC(=O)N2CC(C)CC(C)C2)CC1. The Balaban J connectivity index is 1.48. The lowest BCUT2D eigenvalue weighted by atomic mass is 9.92. The maximum absolute atomic E-state index is 12.8. The van der Waals surface area contributed by atoms with Crippen LogP contribution >= 0.6 is 0 Å². The van der Waals surface area contributed by atoms with E-state index in [1.54, 1.807) is 18.4 Å². The van der Waals surface area contributed by atoms with E-state index in [0.717, 1.165) is 51.8 Å². The van der Waals surface area contributed by atoms with Gasteiger partial charge < -0.3 is 24.6 Å². The summed E-state index contributed by atoms with van der Waals surface area (Å²) in [6.45, 7) is 13.1. The zero-order valence-electron chi connectivity index (χ0n) is 18.6. The number of nitrogens with one attached hydrogen (secondary N) is 1. The highest BCUT2D eigenvalue weighted by atomic mass is 16.4. The number of nitrogens with zero attached hydrogens (tertiary/aromatic N) is 4. The Morgan fingerprint density at radius 1 is 1.23 bits per heavy atom. The van der Waals surface area contributed by atoms with Crippen molar-refractivity contribution in [3.8, 4) is 0 Å². The molecule has 3 atom stereocenters. The number of piperazine rings is 1. The molecule has 168 valence electrons. The van der Waals surface area contributed by atoms with Gasteiger partial charge in [0.05, 0.1) is 19.4 Å². The molecule has 0 aliphatic carbocycles. The fraction of sp³-hybridized carbons (Fsp3) is 0.727. The summed E-state index contributed by atoms with van der Waals surface area (Å²) in [6, 6.07) is 3.52. The van der Waals surface area contributed by atoms with Crippen LogP contribution in [0.3, 0.4) is 0 Å². The third-order valence-corrected chi connectivity index (χ3v) is 5.87. The largest absolute Gasteiger partial charge is 0.467 e. The Labute approximate surface area is 179 Å². The first-order valence-electron chi connectivity index (χ1n) is 11.2. The van der Waals surface area contributed by atoms with Crippen molar-refractivity contribution < 1.29 is 14.3 Å². The lowest BCUT2D eigenvalue weighted by Crippen LogP contribution is -2.55. The number of hydrogen-bond acceptors (Lipinski definition) is 5. The minimum absolute atomic E-state index is 0.250. The minimum Gasteiger partial charge on any atom is -0.467 e. The Kier molecular flexibility index (Phi) is 8.16. The summed E-state index contributed by atoms with van der Waals surface area (Å²) in [4.78, 5) is 23.8. The topological polar surface area (TPSA) is 84.5 Å². The molecular formula is C22H37N5O3. The maximum atomic E-state index is 12.8. The first kappa shape index (κ1) is 22.6. The lowest BCUT2D eigenvalue weighted by molar-refractivity contribution is -0.135. The molecule has 3 unspecified atom stereocenters. The Bertz CT molecular complexity index is 675. The number of carbonyl (C=O) groups is 1. The highest BCUT2D eigenvalue weighted by molar-refractivity contribution is 5.80. The van der Waals surface area contributed by atoms with E-state index in [2.05, 4.69) is 34.0 Å². The van der Waals surface area contributed by atoms with Crippen molar-refractivity contribution in [3.63, 3.8) is 0 Å². The standard InChI is InChI=1S/C22H37N5O3/c1-4-23-22(24-13-19(28)20-6-5-11-30-20)26-9-7-25(8-10-26)16-21(29)27-14-17(2)12-18(3)15-27/h5-6,11,17-19,28H,4,7-10,12-16H2,1-3H3,(H,23,24). The first-order chi connectivity index (χ1) is 14.5. The van der Waals surface area contributed by atoms with Crippen LogP contribution in [0.5, 0.6) is 0 Å². The number of piperidine rings is 1. The van der Waals surface area contributed by atoms with Crippen LogP contribution in [0.2, 0.25) is 0 Å². The monoisotopic (exact) mass is 419 g/mol. The minimum atomic E-state index is -0.748. The van der Waals surface area contributed by atoms with Gasteiger partial charge in [0.15, 0.2) is 5.96 Å². The van der Waals surface area contributed by atoms with E-state index >= 15 is 0 Å². The summed E-state index contributed by atoms with van der Waals surface area (Å²) in [7, 11) is 0. The second-order valence-electron chi connectivity index (χ2n) is 8.73. The molecule has 0 spiro atoms. The molecule has 3 rings (SSSR count). The van der Waals surface area contributed by atoms with Gasteiger partial charge >= 0.3 is 0 Å². The van der Waals surface area contributed by atoms with Gasteiger partial charge in [0.1, 0.15) is 11.9 Å². The van der Waals surface area contributed by atoms with Crippen molar-refractivity contribution in [1.82, 2.24) is 20.0 Å². The van der Waals surface area contributed by atoms with Crippen LogP contribution in [0, 0.1) is 11.8 Å². The number of guanidine groups is 1. The van der Waals surface area contributed by atoms with Crippen molar-refractivity contribution in [2.45, 2.75) is 33.3 Å². The fourth-order valence-electron chi connectivity index (χ4n) is 4.45. The van der Waals surface area contributed by atoms with Gasteiger partial charge in [-0.1, -0.05) is 13.8 Å². The molecule has 8 nitrogen and oxygen atoms in total. The Morgan fingerprint density at radius 3 is 2.53 bits per heavy atom. The predicted molar refractivity (Wildman–Crippen MR) is 117 cm³/mol. The zero-order valence-corrected chi connectivity index (χ0v) is 18.6. The van der Waals surface area contributed by atoms with Crippen LogP contribution in [0.4, 0.5) is 0 Å². The number of aliphatic imine (C=N–C) groups is 1. The van der Waals surface area contributed by atoms with Crippen molar-refractivity contribution >= 4 is 11.9 Å². The average Bonchev–Trinajstić information content (AvgIpc) is 3.26. The number of carbonyl (C=O) groups excluding carboxylic acids is 1. The molecule has 2 aliphatic heterocycles. The summed E-state index contributed by atoms with van der Waals surface area (Å²) in [5.74, 6) is 2.76. The molecular weight excluding hydrogens is 382 g/mol. The van der Waals surface area contributed by atoms with Gasteiger partial charge in [0.2, 0.25) is 5.91 Å². The number of likely N-dealkylation sites (tertiary alicyclic amines) is 1. The Morgan fingerprint density at radius 2 is 1.93 bits per heavy atom. The van der Waals surface area contributed by atoms with Crippen molar-refractivity contribution in [2.24, 2.45) is 16.8 Å². The molecule has 8 heteroatoms. The third-order valence-electron chi connectivity index (χ3n) is 5.87. The van der Waals surface area contributed by atoms with Gasteiger partial charge in [-0.2, -0.15) is 0 Å². The molecule has 1 aromatic rings. The Hall–Kier alpha value is -2.06. The molecule has 2 saturated heterocycles. The van der Waals surface area contributed by atoms with Gasteiger partial charge in [0.25, 0.3) is 0 Å². The van der Waals surface area contributed by atoms with Gasteiger partial charge in [0, 0.05) is 45.8 Å².